The smallest absolute Gasteiger partial charge is 0.254 e. The number of hydrogen-bond acceptors (Lipinski definition) is 7. The van der Waals surface area contributed by atoms with Crippen LogP contribution in [0, 0.1) is 6.92 Å². The summed E-state index contributed by atoms with van der Waals surface area (Å²) in [4.78, 5) is 19.8. The second-order valence-electron chi connectivity index (χ2n) is 5.14. The molecule has 122 valence electrons. The highest BCUT2D eigenvalue weighted by atomic mass is 16.3. The molecular weight excluding hydrogens is 296 g/mol. The summed E-state index contributed by atoms with van der Waals surface area (Å²) in [6.45, 7) is 2.11. The van der Waals surface area contributed by atoms with E-state index in [2.05, 4.69) is 20.6 Å². The lowest BCUT2D eigenvalue weighted by Gasteiger charge is -2.13. The number of nitrogens with two attached hydrogens (primary N) is 2. The van der Waals surface area contributed by atoms with E-state index < -0.39 is 11.9 Å². The van der Waals surface area contributed by atoms with Crippen LogP contribution in [-0.4, -0.2) is 40.2 Å². The zero-order valence-corrected chi connectivity index (χ0v) is 12.8. The molecule has 0 aliphatic carbocycles. The first-order valence-corrected chi connectivity index (χ1v) is 7.10. The van der Waals surface area contributed by atoms with Gasteiger partial charge in [-0.2, -0.15) is 4.98 Å². The number of benzene rings is 1. The van der Waals surface area contributed by atoms with Gasteiger partial charge in [0.05, 0.1) is 6.61 Å². The van der Waals surface area contributed by atoms with Crippen molar-refractivity contribution in [2.75, 3.05) is 23.8 Å². The average molecular weight is 316 g/mol. The fourth-order valence-corrected chi connectivity index (χ4v) is 1.89. The summed E-state index contributed by atoms with van der Waals surface area (Å²) in [6.07, 6.45) is 1.35. The van der Waals surface area contributed by atoms with Crippen LogP contribution in [0.1, 0.15) is 15.9 Å². The molecule has 1 heterocycles. The standard InChI is InChI=1S/C15H20N6O2/c1-9-3-2-4-11(5-9)20-14-12(13(17)23)7-19-15(21-14)18-6-10(16)8-22/h2-5,7,10,22H,6,8,16H2,1H3,(H2,17,23)(H2,18,19,20,21)/t10-/m1/s1. The fraction of sp³-hybridized carbons (Fsp3) is 0.267. The molecule has 0 saturated carbocycles. The van der Waals surface area contributed by atoms with Crippen molar-refractivity contribution in [3.63, 3.8) is 0 Å². The molecular formula is C15H20N6O2. The molecule has 1 aromatic heterocycles. The van der Waals surface area contributed by atoms with Gasteiger partial charge in [-0.15, -0.1) is 0 Å². The van der Waals surface area contributed by atoms with Crippen molar-refractivity contribution in [2.45, 2.75) is 13.0 Å². The Morgan fingerprint density at radius 3 is 2.87 bits per heavy atom. The number of amides is 1. The number of carbonyl (C=O) groups excluding carboxylic acids is 1. The molecule has 0 spiro atoms. The molecule has 0 saturated heterocycles. The number of aliphatic hydroxyl groups is 1. The van der Waals surface area contributed by atoms with Gasteiger partial charge in [-0.05, 0) is 24.6 Å². The van der Waals surface area contributed by atoms with E-state index in [0.717, 1.165) is 11.3 Å². The monoisotopic (exact) mass is 316 g/mol. The summed E-state index contributed by atoms with van der Waals surface area (Å²) in [7, 11) is 0. The number of aryl methyl sites for hydroxylation is 1. The van der Waals surface area contributed by atoms with Crippen molar-refractivity contribution in [3.8, 4) is 0 Å². The molecule has 0 fully saturated rings. The van der Waals surface area contributed by atoms with E-state index >= 15 is 0 Å². The van der Waals surface area contributed by atoms with Crippen molar-refractivity contribution in [1.29, 1.82) is 0 Å². The second-order valence-corrected chi connectivity index (χ2v) is 5.14. The number of nitrogens with one attached hydrogen (secondary N) is 2. The Kier molecular flexibility index (Phi) is 5.45. The number of aliphatic hydroxyl groups excluding tert-OH is 1. The van der Waals surface area contributed by atoms with Gasteiger partial charge in [0, 0.05) is 24.5 Å². The SMILES string of the molecule is Cc1cccc(Nc2nc(NC[C@@H](N)CO)ncc2C(N)=O)c1. The lowest BCUT2D eigenvalue weighted by molar-refractivity contribution is 0.100. The summed E-state index contributed by atoms with van der Waals surface area (Å²) in [5, 5.41) is 14.9. The first-order valence-electron chi connectivity index (χ1n) is 7.10. The van der Waals surface area contributed by atoms with Crippen molar-refractivity contribution < 1.29 is 9.90 Å². The molecule has 2 rings (SSSR count). The Hall–Kier alpha value is -2.71. The summed E-state index contributed by atoms with van der Waals surface area (Å²) < 4.78 is 0. The Balaban J connectivity index is 2.25. The molecule has 8 heteroatoms. The fourth-order valence-electron chi connectivity index (χ4n) is 1.89. The lowest BCUT2D eigenvalue weighted by atomic mass is 10.2. The Bertz CT molecular complexity index is 691. The molecule has 1 amide bonds. The zero-order chi connectivity index (χ0) is 16.8. The van der Waals surface area contributed by atoms with Crippen LogP contribution < -0.4 is 22.1 Å². The van der Waals surface area contributed by atoms with E-state index in [0.29, 0.717) is 12.4 Å². The summed E-state index contributed by atoms with van der Waals surface area (Å²) in [5.74, 6) is -0.0361. The highest BCUT2D eigenvalue weighted by molar-refractivity contribution is 5.98. The minimum absolute atomic E-state index is 0.152. The third-order valence-corrected chi connectivity index (χ3v) is 3.09. The van der Waals surface area contributed by atoms with E-state index in [1.807, 2.05) is 31.2 Å². The van der Waals surface area contributed by atoms with Crippen LogP contribution in [0.5, 0.6) is 0 Å². The lowest BCUT2D eigenvalue weighted by Crippen LogP contribution is -2.33. The van der Waals surface area contributed by atoms with Crippen LogP contribution in [0.15, 0.2) is 30.5 Å². The highest BCUT2D eigenvalue weighted by Crippen LogP contribution is 2.20. The summed E-state index contributed by atoms with van der Waals surface area (Å²) in [5.41, 5.74) is 13.0. The number of carbonyl (C=O) groups is 1. The largest absolute Gasteiger partial charge is 0.395 e. The van der Waals surface area contributed by atoms with Crippen LogP contribution in [0.2, 0.25) is 0 Å². The van der Waals surface area contributed by atoms with Gasteiger partial charge in [0.2, 0.25) is 5.95 Å². The Morgan fingerprint density at radius 2 is 2.22 bits per heavy atom. The van der Waals surface area contributed by atoms with Crippen molar-refractivity contribution in [2.24, 2.45) is 11.5 Å². The molecule has 23 heavy (non-hydrogen) atoms. The number of hydrogen-bond donors (Lipinski definition) is 5. The molecule has 0 radical (unpaired) electrons. The Morgan fingerprint density at radius 1 is 1.43 bits per heavy atom. The van der Waals surface area contributed by atoms with E-state index in [4.69, 9.17) is 16.6 Å². The van der Waals surface area contributed by atoms with E-state index in [-0.39, 0.29) is 18.1 Å². The second kappa shape index (κ2) is 7.52. The number of nitrogens with zero attached hydrogens (tertiary/aromatic N) is 2. The number of anilines is 3. The number of rotatable bonds is 7. The first kappa shape index (κ1) is 16.7. The molecule has 0 bridgehead atoms. The van der Waals surface area contributed by atoms with Gasteiger partial charge in [0.25, 0.3) is 5.91 Å². The van der Waals surface area contributed by atoms with Gasteiger partial charge < -0.3 is 27.2 Å². The van der Waals surface area contributed by atoms with Crippen molar-refractivity contribution in [1.82, 2.24) is 9.97 Å². The van der Waals surface area contributed by atoms with E-state index in [1.165, 1.54) is 6.20 Å². The zero-order valence-electron chi connectivity index (χ0n) is 12.8. The van der Waals surface area contributed by atoms with Gasteiger partial charge in [-0.3, -0.25) is 4.79 Å². The molecule has 2 aromatic rings. The topological polar surface area (TPSA) is 139 Å². The van der Waals surface area contributed by atoms with Crippen LogP contribution in [0.3, 0.4) is 0 Å². The maximum atomic E-state index is 11.5. The number of aromatic nitrogens is 2. The molecule has 0 aliphatic rings. The maximum Gasteiger partial charge on any atom is 0.254 e. The average Bonchev–Trinajstić information content (AvgIpc) is 2.52. The molecule has 1 atom stereocenters. The summed E-state index contributed by atoms with van der Waals surface area (Å²) in [6, 6.07) is 7.20. The van der Waals surface area contributed by atoms with Crippen LogP contribution in [0.25, 0.3) is 0 Å². The van der Waals surface area contributed by atoms with Crippen molar-refractivity contribution in [3.05, 3.63) is 41.6 Å². The van der Waals surface area contributed by atoms with E-state index in [9.17, 15) is 4.79 Å². The van der Waals surface area contributed by atoms with Gasteiger partial charge in [0.1, 0.15) is 11.4 Å². The minimum Gasteiger partial charge on any atom is -0.395 e. The highest BCUT2D eigenvalue weighted by Gasteiger charge is 2.13. The van der Waals surface area contributed by atoms with Gasteiger partial charge >= 0.3 is 0 Å². The van der Waals surface area contributed by atoms with Gasteiger partial charge in [-0.25, -0.2) is 4.98 Å². The molecule has 8 nitrogen and oxygen atoms in total. The molecule has 1 aromatic carbocycles. The van der Waals surface area contributed by atoms with Crippen LogP contribution >= 0.6 is 0 Å². The minimum atomic E-state index is -0.626. The predicted octanol–water partition coefficient (Wildman–Crippen LogP) is 0.359. The van der Waals surface area contributed by atoms with Gasteiger partial charge in [0.15, 0.2) is 0 Å². The number of primary amides is 1. The Labute approximate surface area is 133 Å². The van der Waals surface area contributed by atoms with E-state index in [1.54, 1.807) is 0 Å². The normalized spacial score (nSPS) is 11.8. The summed E-state index contributed by atoms with van der Waals surface area (Å²) >= 11 is 0. The first-order chi connectivity index (χ1) is 11.0. The quantitative estimate of drug-likeness (QED) is 0.497. The van der Waals surface area contributed by atoms with Gasteiger partial charge in [-0.1, -0.05) is 12.1 Å². The maximum absolute atomic E-state index is 11.5. The molecule has 7 N–H and O–H groups in total. The third kappa shape index (κ3) is 4.63. The predicted molar refractivity (Wildman–Crippen MR) is 88.6 cm³/mol. The van der Waals surface area contributed by atoms with Crippen LogP contribution in [0.4, 0.5) is 17.5 Å². The van der Waals surface area contributed by atoms with Crippen LogP contribution in [-0.2, 0) is 0 Å². The van der Waals surface area contributed by atoms with Crippen molar-refractivity contribution >= 4 is 23.4 Å². The third-order valence-electron chi connectivity index (χ3n) is 3.09. The molecule has 0 unspecified atom stereocenters. The molecule has 0 aliphatic heterocycles.